The maximum absolute atomic E-state index is 12.4. The second-order valence-electron chi connectivity index (χ2n) is 7.10. The summed E-state index contributed by atoms with van der Waals surface area (Å²) >= 11 is 0. The van der Waals surface area contributed by atoms with Crippen LogP contribution in [0.4, 0.5) is 5.69 Å². The van der Waals surface area contributed by atoms with Gasteiger partial charge in [0.25, 0.3) is 0 Å². The van der Waals surface area contributed by atoms with E-state index in [9.17, 15) is 9.59 Å². The molecule has 1 amide bonds. The van der Waals surface area contributed by atoms with Crippen molar-refractivity contribution in [2.45, 2.75) is 32.5 Å². The lowest BCUT2D eigenvalue weighted by Crippen LogP contribution is -2.29. The molecule has 2 aromatic carbocycles. The molecule has 0 unspecified atom stereocenters. The molecule has 0 radical (unpaired) electrons. The van der Waals surface area contributed by atoms with E-state index in [1.165, 1.54) is 0 Å². The molecule has 0 saturated carbocycles. The highest BCUT2D eigenvalue weighted by atomic mass is 16.7. The van der Waals surface area contributed by atoms with E-state index in [1.54, 1.807) is 36.4 Å². The molecular formula is C21H21NO6. The van der Waals surface area contributed by atoms with Gasteiger partial charge in [-0.1, -0.05) is 0 Å². The average molecular weight is 383 g/mol. The SMILES string of the molecule is CC1(C)Oc2ccc(NC(=O)CCC(=O)c3ccc4c(c3)OCCO4)cc2O1. The zero-order chi connectivity index (χ0) is 19.7. The third-order valence-electron chi connectivity index (χ3n) is 4.38. The van der Waals surface area contributed by atoms with Crippen LogP contribution in [0.3, 0.4) is 0 Å². The summed E-state index contributed by atoms with van der Waals surface area (Å²) in [6, 6.07) is 10.3. The number of Topliss-reactive ketones (excluding diaryl/α,β-unsaturated/α-hetero) is 1. The minimum atomic E-state index is -0.721. The maximum Gasteiger partial charge on any atom is 0.246 e. The molecule has 28 heavy (non-hydrogen) atoms. The number of amides is 1. The number of anilines is 1. The van der Waals surface area contributed by atoms with Gasteiger partial charge < -0.3 is 24.3 Å². The van der Waals surface area contributed by atoms with Gasteiger partial charge in [0.05, 0.1) is 0 Å². The molecule has 2 aromatic rings. The minimum absolute atomic E-state index is 0.0766. The van der Waals surface area contributed by atoms with Crippen LogP contribution in [0.5, 0.6) is 23.0 Å². The van der Waals surface area contributed by atoms with Crippen LogP contribution in [0.2, 0.25) is 0 Å². The highest BCUT2D eigenvalue weighted by Crippen LogP contribution is 2.40. The van der Waals surface area contributed by atoms with Gasteiger partial charge in [-0.05, 0) is 30.3 Å². The lowest BCUT2D eigenvalue weighted by atomic mass is 10.1. The number of benzene rings is 2. The first-order chi connectivity index (χ1) is 13.4. The van der Waals surface area contributed by atoms with Crippen LogP contribution in [0.1, 0.15) is 37.0 Å². The number of carbonyl (C=O) groups excluding carboxylic acids is 2. The van der Waals surface area contributed by atoms with Crippen LogP contribution in [-0.4, -0.2) is 30.7 Å². The molecule has 146 valence electrons. The summed E-state index contributed by atoms with van der Waals surface area (Å²) in [6.45, 7) is 4.58. The van der Waals surface area contributed by atoms with Crippen LogP contribution >= 0.6 is 0 Å². The Bertz CT molecular complexity index is 936. The van der Waals surface area contributed by atoms with Gasteiger partial charge >= 0.3 is 0 Å². The number of hydrogen-bond acceptors (Lipinski definition) is 6. The molecule has 7 heteroatoms. The van der Waals surface area contributed by atoms with Crippen molar-refractivity contribution in [2.24, 2.45) is 0 Å². The molecule has 0 aliphatic carbocycles. The fraction of sp³-hybridized carbons (Fsp3) is 0.333. The van der Waals surface area contributed by atoms with Crippen molar-refractivity contribution in [2.75, 3.05) is 18.5 Å². The van der Waals surface area contributed by atoms with E-state index >= 15 is 0 Å². The Morgan fingerprint density at radius 1 is 0.893 bits per heavy atom. The molecule has 0 atom stereocenters. The van der Waals surface area contributed by atoms with Crippen molar-refractivity contribution >= 4 is 17.4 Å². The van der Waals surface area contributed by atoms with Crippen LogP contribution in [0, 0.1) is 0 Å². The van der Waals surface area contributed by atoms with Gasteiger partial charge in [0.15, 0.2) is 28.8 Å². The third kappa shape index (κ3) is 3.88. The molecule has 2 aliphatic rings. The zero-order valence-electron chi connectivity index (χ0n) is 15.7. The summed E-state index contributed by atoms with van der Waals surface area (Å²) in [6.07, 6.45) is 0.177. The van der Waals surface area contributed by atoms with Gasteiger partial charge in [-0.25, -0.2) is 0 Å². The number of carbonyl (C=O) groups is 2. The molecule has 0 spiro atoms. The van der Waals surface area contributed by atoms with Crippen LogP contribution in [0.25, 0.3) is 0 Å². The molecule has 7 nitrogen and oxygen atoms in total. The largest absolute Gasteiger partial charge is 0.486 e. The molecule has 0 saturated heterocycles. The van der Waals surface area contributed by atoms with Gasteiger partial charge in [-0.2, -0.15) is 0 Å². The van der Waals surface area contributed by atoms with Crippen LogP contribution < -0.4 is 24.3 Å². The first kappa shape index (κ1) is 18.2. The fourth-order valence-corrected chi connectivity index (χ4v) is 3.11. The van der Waals surface area contributed by atoms with Gasteiger partial charge in [0, 0.05) is 44.0 Å². The zero-order valence-corrected chi connectivity index (χ0v) is 15.7. The quantitative estimate of drug-likeness (QED) is 0.795. The predicted octanol–water partition coefficient (Wildman–Crippen LogP) is 3.57. The maximum atomic E-state index is 12.4. The Balaban J connectivity index is 1.33. The van der Waals surface area contributed by atoms with E-state index in [-0.39, 0.29) is 24.5 Å². The second kappa shape index (κ2) is 7.07. The topological polar surface area (TPSA) is 83.1 Å². The van der Waals surface area contributed by atoms with E-state index in [1.807, 2.05) is 13.8 Å². The number of rotatable bonds is 5. The number of fused-ring (bicyclic) bond motifs is 2. The highest BCUT2D eigenvalue weighted by molar-refractivity contribution is 6.00. The summed E-state index contributed by atoms with van der Waals surface area (Å²) in [5.41, 5.74) is 1.10. The molecule has 2 aliphatic heterocycles. The van der Waals surface area contributed by atoms with Gasteiger partial charge in [-0.15, -0.1) is 0 Å². The first-order valence-corrected chi connectivity index (χ1v) is 9.14. The molecule has 2 heterocycles. The molecule has 0 fully saturated rings. The predicted molar refractivity (Wildman–Crippen MR) is 101 cm³/mol. The van der Waals surface area contributed by atoms with Crippen molar-refractivity contribution in [3.8, 4) is 23.0 Å². The molecular weight excluding hydrogens is 362 g/mol. The number of nitrogens with one attached hydrogen (secondary N) is 1. The van der Waals surface area contributed by atoms with E-state index in [0.29, 0.717) is 47.5 Å². The lowest BCUT2D eigenvalue weighted by molar-refractivity contribution is -0.116. The van der Waals surface area contributed by atoms with Crippen LogP contribution in [0.15, 0.2) is 36.4 Å². The Morgan fingerprint density at radius 3 is 2.43 bits per heavy atom. The summed E-state index contributed by atoms with van der Waals surface area (Å²) in [7, 11) is 0. The number of hydrogen-bond donors (Lipinski definition) is 1. The van der Waals surface area contributed by atoms with Crippen LogP contribution in [-0.2, 0) is 4.79 Å². The standard InChI is InChI=1S/C21H21NO6/c1-21(2)27-17-7-4-14(12-19(17)28-21)22-20(24)8-5-15(23)13-3-6-16-18(11-13)26-10-9-25-16/h3-4,6-7,11-12H,5,8-10H2,1-2H3,(H,22,24). The smallest absolute Gasteiger partial charge is 0.246 e. The molecule has 4 rings (SSSR count). The summed E-state index contributed by atoms with van der Waals surface area (Å²) in [5, 5.41) is 2.78. The molecule has 0 bridgehead atoms. The van der Waals surface area contributed by atoms with Gasteiger partial charge in [0.2, 0.25) is 11.7 Å². The van der Waals surface area contributed by atoms with E-state index < -0.39 is 5.79 Å². The lowest BCUT2D eigenvalue weighted by Gasteiger charge is -2.18. The first-order valence-electron chi connectivity index (χ1n) is 9.14. The fourth-order valence-electron chi connectivity index (χ4n) is 3.11. The monoisotopic (exact) mass is 383 g/mol. The number of ketones is 1. The van der Waals surface area contributed by atoms with E-state index in [0.717, 1.165) is 0 Å². The molecule has 1 N–H and O–H groups in total. The van der Waals surface area contributed by atoms with Gasteiger partial charge in [0.1, 0.15) is 13.2 Å². The Kier molecular flexibility index (Phi) is 4.58. The van der Waals surface area contributed by atoms with Crippen molar-refractivity contribution in [1.29, 1.82) is 0 Å². The molecule has 0 aromatic heterocycles. The Morgan fingerprint density at radius 2 is 1.61 bits per heavy atom. The minimum Gasteiger partial charge on any atom is -0.486 e. The highest BCUT2D eigenvalue weighted by Gasteiger charge is 2.31. The van der Waals surface area contributed by atoms with Crippen molar-refractivity contribution in [3.63, 3.8) is 0 Å². The van der Waals surface area contributed by atoms with E-state index in [2.05, 4.69) is 5.32 Å². The second-order valence-corrected chi connectivity index (χ2v) is 7.10. The Labute approximate surface area is 162 Å². The van der Waals surface area contributed by atoms with Gasteiger partial charge in [-0.3, -0.25) is 9.59 Å². The van der Waals surface area contributed by atoms with Crippen molar-refractivity contribution < 1.29 is 28.5 Å². The summed E-state index contributed by atoms with van der Waals surface area (Å²) in [5.74, 6) is 1.31. The summed E-state index contributed by atoms with van der Waals surface area (Å²) in [4.78, 5) is 24.6. The van der Waals surface area contributed by atoms with Crippen molar-refractivity contribution in [3.05, 3.63) is 42.0 Å². The summed E-state index contributed by atoms with van der Waals surface area (Å²) < 4.78 is 22.2. The third-order valence-corrected chi connectivity index (χ3v) is 4.38. The van der Waals surface area contributed by atoms with E-state index in [4.69, 9.17) is 18.9 Å². The Hall–Kier alpha value is -3.22. The number of ether oxygens (including phenoxy) is 4. The average Bonchev–Trinajstić information content (AvgIpc) is 2.98. The van der Waals surface area contributed by atoms with Crippen molar-refractivity contribution in [1.82, 2.24) is 0 Å². The normalized spacial score (nSPS) is 15.8.